The van der Waals surface area contributed by atoms with Crippen LogP contribution in [0.1, 0.15) is 0 Å². The summed E-state index contributed by atoms with van der Waals surface area (Å²) in [5, 5.41) is 8.64. The average Bonchev–Trinajstić information content (AvgIpc) is 3.31. The summed E-state index contributed by atoms with van der Waals surface area (Å²) in [6.45, 7) is 0. The molecule has 0 saturated heterocycles. The molecule has 9 aromatic carbocycles. The molecule has 0 aliphatic carbocycles. The van der Waals surface area contributed by atoms with Gasteiger partial charge in [0.1, 0.15) is 0 Å². The van der Waals surface area contributed by atoms with Crippen molar-refractivity contribution in [3.05, 3.63) is 225 Å². The Labute approximate surface area is 343 Å². The van der Waals surface area contributed by atoms with Crippen LogP contribution in [0.5, 0.6) is 0 Å². The molecule has 0 saturated carbocycles. The van der Waals surface area contributed by atoms with Gasteiger partial charge < -0.3 is 4.90 Å². The number of anilines is 3. The SMILES string of the molecule is c1cncc(-c2ccc(N(c3ccc(-c4ccc(-c5c6ccccc6c(-c6cccc7ccccc67)c6ccccc56)cc4)cc3)c3cccc4ncccc34)cc2)c1. The van der Waals surface area contributed by atoms with E-state index in [0.29, 0.717) is 0 Å². The summed E-state index contributed by atoms with van der Waals surface area (Å²) in [5.74, 6) is 0. The zero-order valence-electron chi connectivity index (χ0n) is 32.2. The smallest absolute Gasteiger partial charge is 0.0723 e. The van der Waals surface area contributed by atoms with Crippen LogP contribution in [0.25, 0.3) is 87.7 Å². The Morgan fingerprint density at radius 1 is 0.322 bits per heavy atom. The number of benzene rings is 9. The summed E-state index contributed by atoms with van der Waals surface area (Å²) in [6, 6.07) is 74.4. The molecule has 0 bridgehead atoms. The first kappa shape index (κ1) is 34.4. The molecular formula is C56H37N3. The summed E-state index contributed by atoms with van der Waals surface area (Å²) < 4.78 is 0. The molecule has 59 heavy (non-hydrogen) atoms. The van der Waals surface area contributed by atoms with E-state index in [1.54, 1.807) is 0 Å². The van der Waals surface area contributed by atoms with Crippen molar-refractivity contribution in [2.45, 2.75) is 0 Å². The second-order valence-corrected chi connectivity index (χ2v) is 15.0. The van der Waals surface area contributed by atoms with Crippen LogP contribution in [0.15, 0.2) is 225 Å². The Morgan fingerprint density at radius 2 is 0.831 bits per heavy atom. The monoisotopic (exact) mass is 751 g/mol. The van der Waals surface area contributed by atoms with E-state index in [-0.39, 0.29) is 0 Å². The van der Waals surface area contributed by atoms with Gasteiger partial charge in [0.25, 0.3) is 0 Å². The number of aromatic nitrogens is 2. The Bertz CT molecular complexity index is 3230. The fourth-order valence-corrected chi connectivity index (χ4v) is 8.85. The lowest BCUT2D eigenvalue weighted by Crippen LogP contribution is -2.10. The highest BCUT2D eigenvalue weighted by molar-refractivity contribution is 6.23. The van der Waals surface area contributed by atoms with Crippen molar-refractivity contribution in [3.8, 4) is 44.5 Å². The van der Waals surface area contributed by atoms with Gasteiger partial charge in [-0.15, -0.1) is 0 Å². The van der Waals surface area contributed by atoms with E-state index in [0.717, 1.165) is 44.7 Å². The molecule has 2 aromatic heterocycles. The van der Waals surface area contributed by atoms with Crippen molar-refractivity contribution in [2.24, 2.45) is 0 Å². The second-order valence-electron chi connectivity index (χ2n) is 15.0. The lowest BCUT2D eigenvalue weighted by molar-refractivity contribution is 1.29. The second kappa shape index (κ2) is 14.6. The van der Waals surface area contributed by atoms with Crippen molar-refractivity contribution in [1.29, 1.82) is 0 Å². The summed E-state index contributed by atoms with van der Waals surface area (Å²) in [5.41, 5.74) is 13.7. The largest absolute Gasteiger partial charge is 0.310 e. The van der Waals surface area contributed by atoms with Crippen molar-refractivity contribution in [1.82, 2.24) is 9.97 Å². The highest BCUT2D eigenvalue weighted by Gasteiger charge is 2.19. The van der Waals surface area contributed by atoms with E-state index in [1.807, 2.05) is 30.7 Å². The van der Waals surface area contributed by atoms with Crippen LogP contribution >= 0.6 is 0 Å². The molecular weight excluding hydrogens is 715 g/mol. The van der Waals surface area contributed by atoms with Crippen molar-refractivity contribution in [3.63, 3.8) is 0 Å². The minimum Gasteiger partial charge on any atom is -0.310 e. The summed E-state index contributed by atoms with van der Waals surface area (Å²) in [6.07, 6.45) is 5.56. The minimum atomic E-state index is 0.961. The molecule has 0 fully saturated rings. The van der Waals surface area contributed by atoms with E-state index < -0.39 is 0 Å². The van der Waals surface area contributed by atoms with E-state index in [1.165, 1.54) is 60.1 Å². The third kappa shape index (κ3) is 6.08. The molecule has 0 aliphatic heterocycles. The number of hydrogen-bond donors (Lipinski definition) is 0. The molecule has 0 spiro atoms. The predicted molar refractivity (Wildman–Crippen MR) is 248 cm³/mol. The van der Waals surface area contributed by atoms with Crippen molar-refractivity contribution >= 4 is 60.3 Å². The fraction of sp³-hybridized carbons (Fsp3) is 0. The van der Waals surface area contributed by atoms with E-state index in [2.05, 4.69) is 209 Å². The Morgan fingerprint density at radius 3 is 1.47 bits per heavy atom. The standard InChI is InChI=1S/C56H37N3/c1-2-14-46-41(11-1)12-7-19-47(46)56-50-17-5-3-15-48(50)55(49-16-4-6-18-51(49)56)42-25-23-38(24-26-42)39-27-31-44(32-28-39)59(54-22-8-21-53-52(54)20-10-36-58-53)45-33-29-40(30-34-45)43-13-9-35-57-37-43/h1-37H. The van der Waals surface area contributed by atoms with Gasteiger partial charge in [-0.3, -0.25) is 9.97 Å². The zero-order chi connectivity index (χ0) is 39.1. The number of rotatable bonds is 7. The van der Waals surface area contributed by atoms with Gasteiger partial charge in [-0.2, -0.15) is 0 Å². The lowest BCUT2D eigenvalue weighted by Gasteiger charge is -2.27. The molecule has 11 rings (SSSR count). The van der Waals surface area contributed by atoms with Gasteiger partial charge in [0.2, 0.25) is 0 Å². The van der Waals surface area contributed by atoms with Crippen LogP contribution in [0.4, 0.5) is 17.1 Å². The predicted octanol–water partition coefficient (Wildman–Crippen LogP) is 15.2. The summed E-state index contributed by atoms with van der Waals surface area (Å²) >= 11 is 0. The lowest BCUT2D eigenvalue weighted by atomic mass is 9.84. The Balaban J connectivity index is 0.982. The average molecular weight is 752 g/mol. The maximum Gasteiger partial charge on any atom is 0.0723 e. The molecule has 0 amide bonds. The van der Waals surface area contributed by atoms with Gasteiger partial charge in [-0.25, -0.2) is 0 Å². The van der Waals surface area contributed by atoms with Crippen LogP contribution in [0, 0.1) is 0 Å². The summed E-state index contributed by atoms with van der Waals surface area (Å²) in [7, 11) is 0. The molecule has 2 heterocycles. The minimum absolute atomic E-state index is 0.961. The molecule has 0 aliphatic rings. The highest BCUT2D eigenvalue weighted by Crippen LogP contribution is 2.46. The topological polar surface area (TPSA) is 29.0 Å². The third-order valence-corrected chi connectivity index (χ3v) is 11.6. The Hall–Kier alpha value is -7.88. The normalized spacial score (nSPS) is 11.4. The molecule has 0 atom stereocenters. The number of hydrogen-bond acceptors (Lipinski definition) is 3. The van der Waals surface area contributed by atoms with E-state index in [4.69, 9.17) is 0 Å². The first-order chi connectivity index (χ1) is 29.3. The van der Waals surface area contributed by atoms with Crippen LogP contribution in [0.2, 0.25) is 0 Å². The van der Waals surface area contributed by atoms with Crippen LogP contribution in [0.3, 0.4) is 0 Å². The van der Waals surface area contributed by atoms with Crippen LogP contribution < -0.4 is 4.90 Å². The Kier molecular flexibility index (Phi) is 8.49. The first-order valence-electron chi connectivity index (χ1n) is 20.1. The highest BCUT2D eigenvalue weighted by atomic mass is 15.1. The third-order valence-electron chi connectivity index (χ3n) is 11.6. The van der Waals surface area contributed by atoms with Gasteiger partial charge in [-0.1, -0.05) is 152 Å². The maximum absolute atomic E-state index is 4.68. The van der Waals surface area contributed by atoms with Crippen LogP contribution in [-0.2, 0) is 0 Å². The summed E-state index contributed by atoms with van der Waals surface area (Å²) in [4.78, 5) is 11.3. The molecule has 3 heteroatoms. The molecule has 0 radical (unpaired) electrons. The quantitative estimate of drug-likeness (QED) is 0.152. The molecule has 11 aromatic rings. The van der Waals surface area contributed by atoms with Gasteiger partial charge in [0.05, 0.1) is 11.2 Å². The van der Waals surface area contributed by atoms with Gasteiger partial charge in [-0.05, 0) is 131 Å². The van der Waals surface area contributed by atoms with Crippen molar-refractivity contribution < 1.29 is 0 Å². The van der Waals surface area contributed by atoms with E-state index in [9.17, 15) is 0 Å². The molecule has 0 unspecified atom stereocenters. The van der Waals surface area contributed by atoms with Crippen molar-refractivity contribution in [2.75, 3.05) is 4.90 Å². The first-order valence-corrected chi connectivity index (χ1v) is 20.1. The van der Waals surface area contributed by atoms with E-state index >= 15 is 0 Å². The van der Waals surface area contributed by atoms with Gasteiger partial charge >= 0.3 is 0 Å². The zero-order valence-corrected chi connectivity index (χ0v) is 32.2. The number of nitrogens with zero attached hydrogens (tertiary/aromatic N) is 3. The maximum atomic E-state index is 4.68. The molecule has 0 N–H and O–H groups in total. The molecule has 3 nitrogen and oxygen atoms in total. The fourth-order valence-electron chi connectivity index (χ4n) is 8.85. The van der Waals surface area contributed by atoms with Crippen LogP contribution in [-0.4, -0.2) is 9.97 Å². The van der Waals surface area contributed by atoms with Gasteiger partial charge in [0.15, 0.2) is 0 Å². The van der Waals surface area contributed by atoms with Gasteiger partial charge in [0, 0.05) is 35.4 Å². The number of fused-ring (bicyclic) bond motifs is 4. The number of pyridine rings is 2. The molecule has 276 valence electrons.